The van der Waals surface area contributed by atoms with Gasteiger partial charge in [0.15, 0.2) is 0 Å². The maximum Gasteiger partial charge on any atom is 0.326 e. The summed E-state index contributed by atoms with van der Waals surface area (Å²) in [4.78, 5) is 18.1. The Bertz CT molecular complexity index is 1380. The summed E-state index contributed by atoms with van der Waals surface area (Å²) in [5.74, 6) is 0. The van der Waals surface area contributed by atoms with Gasteiger partial charge in [-0.3, -0.25) is 9.47 Å². The van der Waals surface area contributed by atoms with E-state index in [1.54, 1.807) is 0 Å². The Morgan fingerprint density at radius 1 is 1.00 bits per heavy atom. The Balaban J connectivity index is 1.29. The highest BCUT2D eigenvalue weighted by Gasteiger charge is 2.33. The first-order valence-electron chi connectivity index (χ1n) is 10.6. The molecule has 1 saturated heterocycles. The molecule has 1 aliphatic heterocycles. The number of aromatic nitrogens is 2. The lowest BCUT2D eigenvalue weighted by Gasteiger charge is -2.36. The number of rotatable bonds is 2. The largest absolute Gasteiger partial charge is 0.326 e. The van der Waals surface area contributed by atoms with Crippen molar-refractivity contribution in [3.05, 3.63) is 81.8 Å². The van der Waals surface area contributed by atoms with Crippen LogP contribution in [0.1, 0.15) is 41.6 Å². The van der Waals surface area contributed by atoms with E-state index in [4.69, 9.17) is 0 Å². The van der Waals surface area contributed by atoms with E-state index in [1.165, 1.54) is 21.9 Å². The van der Waals surface area contributed by atoms with Gasteiger partial charge in [-0.15, -0.1) is 0 Å². The van der Waals surface area contributed by atoms with E-state index in [-0.39, 0.29) is 11.7 Å². The zero-order valence-electron chi connectivity index (χ0n) is 16.6. The van der Waals surface area contributed by atoms with Crippen molar-refractivity contribution in [1.29, 1.82) is 5.26 Å². The fourth-order valence-corrected chi connectivity index (χ4v) is 5.60. The average molecular weight is 394 g/mol. The minimum Gasteiger partial charge on any atom is -0.306 e. The standard InChI is InChI=1S/C25H22N4O/c26-15-17-9-8-16-4-3-5-19-23(14-20(17)24(16)19)28-12-10-18(11-13-28)29-22-7-2-1-6-21(22)27-25(29)30/h1-9,18,23H,10-14H2,(H,27,30). The van der Waals surface area contributed by atoms with Crippen LogP contribution in [-0.4, -0.2) is 27.5 Å². The predicted octanol–water partition coefficient (Wildman–Crippen LogP) is 4.29. The Morgan fingerprint density at radius 2 is 1.83 bits per heavy atom. The van der Waals surface area contributed by atoms with Crippen LogP contribution >= 0.6 is 0 Å². The first kappa shape index (κ1) is 17.5. The number of H-pyrrole nitrogens is 1. The van der Waals surface area contributed by atoms with E-state index < -0.39 is 0 Å². The molecular weight excluding hydrogens is 372 g/mol. The van der Waals surface area contributed by atoms with Crippen molar-refractivity contribution in [2.45, 2.75) is 31.3 Å². The molecule has 0 amide bonds. The molecule has 6 rings (SSSR count). The van der Waals surface area contributed by atoms with Crippen LogP contribution in [0.15, 0.2) is 59.4 Å². The number of nitriles is 1. The topological polar surface area (TPSA) is 64.8 Å². The molecule has 1 N–H and O–H groups in total. The normalized spacial score (nSPS) is 19.5. The van der Waals surface area contributed by atoms with Crippen molar-refractivity contribution in [2.24, 2.45) is 0 Å². The van der Waals surface area contributed by atoms with Crippen molar-refractivity contribution in [2.75, 3.05) is 13.1 Å². The van der Waals surface area contributed by atoms with Crippen molar-refractivity contribution in [3.63, 3.8) is 0 Å². The van der Waals surface area contributed by atoms with Gasteiger partial charge in [-0.25, -0.2) is 4.79 Å². The third kappa shape index (κ3) is 2.47. The molecule has 2 heterocycles. The quantitative estimate of drug-likeness (QED) is 0.552. The molecular formula is C25H22N4O. The summed E-state index contributed by atoms with van der Waals surface area (Å²) in [7, 11) is 0. The second-order valence-electron chi connectivity index (χ2n) is 8.45. The molecule has 3 aromatic carbocycles. The summed E-state index contributed by atoms with van der Waals surface area (Å²) >= 11 is 0. The highest BCUT2D eigenvalue weighted by atomic mass is 16.1. The van der Waals surface area contributed by atoms with Gasteiger partial charge in [-0.2, -0.15) is 5.26 Å². The first-order valence-corrected chi connectivity index (χ1v) is 10.6. The lowest BCUT2D eigenvalue weighted by Crippen LogP contribution is -2.39. The van der Waals surface area contributed by atoms with Crippen molar-refractivity contribution in [1.82, 2.24) is 14.5 Å². The molecule has 1 unspecified atom stereocenters. The molecule has 1 aromatic heterocycles. The fourth-order valence-electron chi connectivity index (χ4n) is 5.60. The number of hydrogen-bond donors (Lipinski definition) is 1. The number of aromatic amines is 1. The molecule has 5 heteroatoms. The second-order valence-corrected chi connectivity index (χ2v) is 8.45. The molecule has 0 spiro atoms. The summed E-state index contributed by atoms with van der Waals surface area (Å²) in [6, 6.07) is 21.4. The lowest BCUT2D eigenvalue weighted by molar-refractivity contribution is 0.137. The number of para-hydroxylation sites is 2. The lowest BCUT2D eigenvalue weighted by atomic mass is 9.99. The Kier molecular flexibility index (Phi) is 3.84. The Morgan fingerprint density at radius 3 is 2.67 bits per heavy atom. The van der Waals surface area contributed by atoms with Crippen LogP contribution in [0.4, 0.5) is 0 Å². The van der Waals surface area contributed by atoms with Gasteiger partial charge in [0.05, 0.1) is 22.7 Å². The van der Waals surface area contributed by atoms with Gasteiger partial charge in [-0.05, 0) is 59.4 Å². The average Bonchev–Trinajstić information content (AvgIpc) is 3.33. The summed E-state index contributed by atoms with van der Waals surface area (Å²) in [6.07, 6.45) is 2.81. The molecule has 1 atom stereocenters. The van der Waals surface area contributed by atoms with Crippen LogP contribution in [0.5, 0.6) is 0 Å². The number of piperidine rings is 1. The molecule has 0 saturated carbocycles. The minimum atomic E-state index is -0.00801. The predicted molar refractivity (Wildman–Crippen MR) is 118 cm³/mol. The van der Waals surface area contributed by atoms with Crippen LogP contribution < -0.4 is 5.69 Å². The van der Waals surface area contributed by atoms with Crippen molar-refractivity contribution in [3.8, 4) is 6.07 Å². The van der Waals surface area contributed by atoms with Crippen LogP contribution in [0.2, 0.25) is 0 Å². The van der Waals surface area contributed by atoms with E-state index in [1.807, 2.05) is 34.9 Å². The van der Waals surface area contributed by atoms with Gasteiger partial charge in [0.2, 0.25) is 0 Å². The van der Waals surface area contributed by atoms with Gasteiger partial charge in [0, 0.05) is 25.2 Å². The number of nitrogens with zero attached hydrogens (tertiary/aromatic N) is 3. The monoisotopic (exact) mass is 394 g/mol. The molecule has 0 bridgehead atoms. The summed E-state index contributed by atoms with van der Waals surface area (Å²) in [5.41, 5.74) is 5.25. The van der Waals surface area contributed by atoms with E-state index in [0.29, 0.717) is 6.04 Å². The molecule has 4 aromatic rings. The highest BCUT2D eigenvalue weighted by molar-refractivity contribution is 5.93. The molecule has 30 heavy (non-hydrogen) atoms. The first-order chi connectivity index (χ1) is 14.7. The molecule has 2 aliphatic rings. The van der Waals surface area contributed by atoms with Crippen LogP contribution in [0, 0.1) is 11.3 Å². The minimum absolute atomic E-state index is 0.00801. The molecule has 1 aliphatic carbocycles. The van der Waals surface area contributed by atoms with E-state index in [9.17, 15) is 10.1 Å². The second kappa shape index (κ2) is 6.58. The summed E-state index contributed by atoms with van der Waals surface area (Å²) in [6.45, 7) is 1.90. The zero-order valence-corrected chi connectivity index (χ0v) is 16.6. The zero-order chi connectivity index (χ0) is 20.2. The number of hydrogen-bond acceptors (Lipinski definition) is 3. The number of likely N-dealkylation sites (tertiary alicyclic amines) is 1. The molecule has 5 nitrogen and oxygen atoms in total. The van der Waals surface area contributed by atoms with Crippen LogP contribution in [-0.2, 0) is 6.42 Å². The van der Waals surface area contributed by atoms with E-state index in [2.05, 4.69) is 40.2 Å². The van der Waals surface area contributed by atoms with Crippen LogP contribution in [0.3, 0.4) is 0 Å². The Hall–Kier alpha value is -3.36. The maximum absolute atomic E-state index is 12.6. The molecule has 0 radical (unpaired) electrons. The van der Waals surface area contributed by atoms with E-state index >= 15 is 0 Å². The maximum atomic E-state index is 12.6. The van der Waals surface area contributed by atoms with Crippen LogP contribution in [0.25, 0.3) is 21.8 Å². The number of benzene rings is 3. The van der Waals surface area contributed by atoms with Gasteiger partial charge < -0.3 is 4.98 Å². The van der Waals surface area contributed by atoms with E-state index in [0.717, 1.165) is 48.9 Å². The SMILES string of the molecule is N#Cc1ccc2cccc3c2c1CC3N1CCC(n2c(=O)[nH]c3ccccc32)CC1. The van der Waals surface area contributed by atoms with Crippen molar-refractivity contribution >= 4 is 21.8 Å². The van der Waals surface area contributed by atoms with Gasteiger partial charge >= 0.3 is 5.69 Å². The fraction of sp³-hybridized carbons (Fsp3) is 0.280. The molecule has 148 valence electrons. The van der Waals surface area contributed by atoms with Gasteiger partial charge in [-0.1, -0.05) is 36.4 Å². The van der Waals surface area contributed by atoms with Crippen molar-refractivity contribution < 1.29 is 0 Å². The van der Waals surface area contributed by atoms with Gasteiger partial charge in [0.1, 0.15) is 0 Å². The number of imidazole rings is 1. The molecule has 1 fully saturated rings. The highest BCUT2D eigenvalue weighted by Crippen LogP contribution is 2.43. The van der Waals surface area contributed by atoms with Gasteiger partial charge in [0.25, 0.3) is 0 Å². The Labute approximate surface area is 174 Å². The number of fused-ring (bicyclic) bond motifs is 1. The summed E-state index contributed by atoms with van der Waals surface area (Å²) in [5, 5.41) is 12.1. The smallest absolute Gasteiger partial charge is 0.306 e. The summed E-state index contributed by atoms with van der Waals surface area (Å²) < 4.78 is 1.95. The third-order valence-electron chi connectivity index (χ3n) is 6.99. The number of nitrogens with one attached hydrogen (secondary N) is 1. The third-order valence-corrected chi connectivity index (χ3v) is 6.99.